The van der Waals surface area contributed by atoms with Crippen LogP contribution < -0.4 is 5.32 Å². The zero-order valence-electron chi connectivity index (χ0n) is 7.34. The van der Waals surface area contributed by atoms with Crippen LogP contribution in [0, 0.1) is 5.92 Å². The third kappa shape index (κ3) is 1.89. The largest absolute Gasteiger partial charge is 0.367 e. The van der Waals surface area contributed by atoms with E-state index in [2.05, 4.69) is 22.6 Å². The van der Waals surface area contributed by atoms with Crippen molar-refractivity contribution in [2.75, 3.05) is 13.1 Å². The Labute approximate surface area is 73.4 Å². The molecule has 1 aliphatic rings. The molecule has 1 aliphatic heterocycles. The summed E-state index contributed by atoms with van der Waals surface area (Å²) in [5, 5.41) is 3.44. The maximum atomic E-state index is 3.44. The summed E-state index contributed by atoms with van der Waals surface area (Å²) in [6.45, 7) is 2.41. The SMILES string of the molecule is c1cc(C[C@H]2CCCNC2)c[nH]1. The minimum atomic E-state index is 0.856. The van der Waals surface area contributed by atoms with Crippen LogP contribution in [0.5, 0.6) is 0 Å². The number of aromatic nitrogens is 1. The van der Waals surface area contributed by atoms with Crippen LogP contribution in [0.15, 0.2) is 18.5 Å². The maximum absolute atomic E-state index is 3.44. The van der Waals surface area contributed by atoms with Crippen molar-refractivity contribution in [1.29, 1.82) is 0 Å². The summed E-state index contributed by atoms with van der Waals surface area (Å²) < 4.78 is 0. The summed E-state index contributed by atoms with van der Waals surface area (Å²) in [6.07, 6.45) is 8.07. The first-order valence-corrected chi connectivity index (χ1v) is 4.77. The number of hydrogen-bond donors (Lipinski definition) is 2. The van der Waals surface area contributed by atoms with Crippen molar-refractivity contribution in [3.8, 4) is 0 Å². The van der Waals surface area contributed by atoms with Crippen LogP contribution in [0.3, 0.4) is 0 Å². The molecule has 66 valence electrons. The molecule has 0 saturated carbocycles. The van der Waals surface area contributed by atoms with Gasteiger partial charge in [0.15, 0.2) is 0 Å². The van der Waals surface area contributed by atoms with Crippen molar-refractivity contribution in [3.05, 3.63) is 24.0 Å². The molecular formula is C10H16N2. The van der Waals surface area contributed by atoms with E-state index in [-0.39, 0.29) is 0 Å². The molecule has 1 fully saturated rings. The van der Waals surface area contributed by atoms with Crippen molar-refractivity contribution in [2.24, 2.45) is 5.92 Å². The van der Waals surface area contributed by atoms with E-state index in [0.29, 0.717) is 0 Å². The van der Waals surface area contributed by atoms with E-state index in [1.165, 1.54) is 37.9 Å². The number of rotatable bonds is 2. The highest BCUT2D eigenvalue weighted by Crippen LogP contribution is 2.15. The highest BCUT2D eigenvalue weighted by molar-refractivity contribution is 5.09. The number of hydrogen-bond acceptors (Lipinski definition) is 1. The number of nitrogens with one attached hydrogen (secondary N) is 2. The summed E-state index contributed by atoms with van der Waals surface area (Å²) in [5.74, 6) is 0.856. The number of H-pyrrole nitrogens is 1. The summed E-state index contributed by atoms with van der Waals surface area (Å²) in [7, 11) is 0. The number of piperidine rings is 1. The van der Waals surface area contributed by atoms with Crippen LogP contribution in [0.25, 0.3) is 0 Å². The molecule has 0 radical (unpaired) electrons. The zero-order valence-corrected chi connectivity index (χ0v) is 7.34. The molecule has 12 heavy (non-hydrogen) atoms. The van der Waals surface area contributed by atoms with Crippen LogP contribution in [0.4, 0.5) is 0 Å². The van der Waals surface area contributed by atoms with E-state index >= 15 is 0 Å². The average molecular weight is 164 g/mol. The average Bonchev–Trinajstić information content (AvgIpc) is 2.59. The lowest BCUT2D eigenvalue weighted by Crippen LogP contribution is -2.30. The van der Waals surface area contributed by atoms with Crippen molar-refractivity contribution in [1.82, 2.24) is 10.3 Å². The topological polar surface area (TPSA) is 27.8 Å². The standard InChI is InChI=1S/C10H16N2/c1-2-9(7-11-4-1)6-10-3-5-12-8-10/h3,5,8-9,11-12H,1-2,4,6-7H2/t9-/m1/s1. The quantitative estimate of drug-likeness (QED) is 0.682. The Balaban J connectivity index is 1.86. The Bertz CT molecular complexity index is 210. The molecule has 1 aromatic rings. The molecule has 0 spiro atoms. The van der Waals surface area contributed by atoms with E-state index in [0.717, 1.165) is 5.92 Å². The summed E-state index contributed by atoms with van der Waals surface area (Å²) >= 11 is 0. The Morgan fingerprint density at radius 3 is 3.17 bits per heavy atom. The second-order valence-electron chi connectivity index (χ2n) is 3.64. The normalized spacial score (nSPS) is 24.2. The van der Waals surface area contributed by atoms with Crippen molar-refractivity contribution < 1.29 is 0 Å². The Kier molecular flexibility index (Phi) is 2.47. The molecule has 2 nitrogen and oxygen atoms in total. The molecule has 1 saturated heterocycles. The fourth-order valence-electron chi connectivity index (χ4n) is 1.92. The minimum Gasteiger partial charge on any atom is -0.367 e. The fraction of sp³-hybridized carbons (Fsp3) is 0.600. The second-order valence-corrected chi connectivity index (χ2v) is 3.64. The first kappa shape index (κ1) is 7.87. The van der Waals surface area contributed by atoms with Crippen LogP contribution in [0.2, 0.25) is 0 Å². The molecule has 1 aromatic heterocycles. The second kappa shape index (κ2) is 3.76. The van der Waals surface area contributed by atoms with Gasteiger partial charge in [0.25, 0.3) is 0 Å². The zero-order chi connectivity index (χ0) is 8.23. The van der Waals surface area contributed by atoms with Gasteiger partial charge in [-0.1, -0.05) is 0 Å². The van der Waals surface area contributed by atoms with Crippen molar-refractivity contribution in [2.45, 2.75) is 19.3 Å². The van der Waals surface area contributed by atoms with Gasteiger partial charge in [-0.3, -0.25) is 0 Å². The van der Waals surface area contributed by atoms with Crippen LogP contribution >= 0.6 is 0 Å². The summed E-state index contributed by atoms with van der Waals surface area (Å²) in [4.78, 5) is 3.10. The minimum absolute atomic E-state index is 0.856. The lowest BCUT2D eigenvalue weighted by Gasteiger charge is -2.21. The van der Waals surface area contributed by atoms with E-state index in [1.54, 1.807) is 0 Å². The molecule has 2 heterocycles. The van der Waals surface area contributed by atoms with E-state index in [1.807, 2.05) is 6.20 Å². The first-order valence-electron chi connectivity index (χ1n) is 4.77. The predicted octanol–water partition coefficient (Wildman–Crippen LogP) is 1.56. The molecule has 0 aliphatic carbocycles. The van der Waals surface area contributed by atoms with Gasteiger partial charge in [0.2, 0.25) is 0 Å². The fourth-order valence-corrected chi connectivity index (χ4v) is 1.92. The van der Waals surface area contributed by atoms with Crippen molar-refractivity contribution >= 4 is 0 Å². The Morgan fingerprint density at radius 1 is 1.50 bits per heavy atom. The molecule has 0 amide bonds. The van der Waals surface area contributed by atoms with E-state index in [9.17, 15) is 0 Å². The van der Waals surface area contributed by atoms with Gasteiger partial charge in [-0.15, -0.1) is 0 Å². The molecule has 0 aromatic carbocycles. The van der Waals surface area contributed by atoms with E-state index in [4.69, 9.17) is 0 Å². The highest BCUT2D eigenvalue weighted by atomic mass is 14.9. The molecule has 2 rings (SSSR count). The van der Waals surface area contributed by atoms with Crippen molar-refractivity contribution in [3.63, 3.8) is 0 Å². The third-order valence-corrected chi connectivity index (χ3v) is 2.59. The van der Waals surface area contributed by atoms with Crippen LogP contribution in [-0.4, -0.2) is 18.1 Å². The van der Waals surface area contributed by atoms with E-state index < -0.39 is 0 Å². The monoisotopic (exact) mass is 164 g/mol. The molecule has 2 heteroatoms. The van der Waals surface area contributed by atoms with Gasteiger partial charge in [-0.25, -0.2) is 0 Å². The van der Waals surface area contributed by atoms with Gasteiger partial charge in [0, 0.05) is 12.4 Å². The first-order chi connectivity index (χ1) is 5.95. The maximum Gasteiger partial charge on any atom is 0.00374 e. The molecule has 0 bridgehead atoms. The Hall–Kier alpha value is -0.760. The van der Waals surface area contributed by atoms with Crippen LogP contribution in [0.1, 0.15) is 18.4 Å². The van der Waals surface area contributed by atoms with Gasteiger partial charge < -0.3 is 10.3 Å². The summed E-state index contributed by atoms with van der Waals surface area (Å²) in [5.41, 5.74) is 1.45. The molecule has 1 atom stereocenters. The van der Waals surface area contributed by atoms with Gasteiger partial charge in [-0.05, 0) is 49.9 Å². The van der Waals surface area contributed by atoms with Gasteiger partial charge in [0.1, 0.15) is 0 Å². The lowest BCUT2D eigenvalue weighted by atomic mass is 9.93. The molecule has 0 unspecified atom stereocenters. The van der Waals surface area contributed by atoms with Gasteiger partial charge in [-0.2, -0.15) is 0 Å². The molecular weight excluding hydrogens is 148 g/mol. The smallest absolute Gasteiger partial charge is 0.00374 e. The van der Waals surface area contributed by atoms with Gasteiger partial charge in [0.05, 0.1) is 0 Å². The highest BCUT2D eigenvalue weighted by Gasteiger charge is 2.12. The predicted molar refractivity (Wildman–Crippen MR) is 50.1 cm³/mol. The summed E-state index contributed by atoms with van der Waals surface area (Å²) in [6, 6.07) is 2.18. The van der Waals surface area contributed by atoms with Gasteiger partial charge >= 0.3 is 0 Å². The van der Waals surface area contributed by atoms with Crippen LogP contribution in [-0.2, 0) is 6.42 Å². The third-order valence-electron chi connectivity index (χ3n) is 2.59. The Morgan fingerprint density at radius 2 is 2.50 bits per heavy atom. The molecule has 2 N–H and O–H groups in total. The number of aromatic amines is 1. The lowest BCUT2D eigenvalue weighted by molar-refractivity contribution is 0.376.